The van der Waals surface area contributed by atoms with Gasteiger partial charge in [0.05, 0.1) is 13.6 Å². The zero-order valence-corrected chi connectivity index (χ0v) is 11.9. The maximum Gasteiger partial charge on any atom is 0.673 e. The third-order valence-electron chi connectivity index (χ3n) is 2.72. The van der Waals surface area contributed by atoms with Gasteiger partial charge in [0.25, 0.3) is 5.82 Å². The minimum Gasteiger partial charge on any atom is -0.418 e. The summed E-state index contributed by atoms with van der Waals surface area (Å²) < 4.78 is 43.7. The normalized spacial score (nSPS) is 11.1. The molecule has 0 aromatic carbocycles. The van der Waals surface area contributed by atoms with E-state index in [0.29, 0.717) is 0 Å². The molecule has 0 aliphatic carbocycles. The number of hydrogen-bond donors (Lipinski definition) is 0. The van der Waals surface area contributed by atoms with Crippen molar-refractivity contribution in [3.63, 3.8) is 0 Å². The van der Waals surface area contributed by atoms with E-state index < -0.39 is 7.25 Å². The van der Waals surface area contributed by atoms with Gasteiger partial charge in [0.1, 0.15) is 12.4 Å². The average molecular weight is 282 g/mol. The van der Waals surface area contributed by atoms with Crippen molar-refractivity contribution >= 4 is 7.25 Å². The zero-order chi connectivity index (χ0) is 14.9. The molecule has 0 unspecified atom stereocenters. The molecule has 1 aromatic rings. The van der Waals surface area contributed by atoms with Gasteiger partial charge < -0.3 is 17.3 Å². The van der Waals surface area contributed by atoms with Gasteiger partial charge in [0.2, 0.25) is 0 Å². The Kier molecular flexibility index (Phi) is 8.51. The van der Waals surface area contributed by atoms with Gasteiger partial charge in [0.15, 0.2) is 0 Å². The first-order valence-electron chi connectivity index (χ1n) is 6.70. The number of aromatic nitrogens is 2. The van der Waals surface area contributed by atoms with Crippen LogP contribution >= 0.6 is 0 Å². The highest BCUT2D eigenvalue weighted by atomic mass is 19.5. The molecule has 0 radical (unpaired) electrons. The molecule has 0 atom stereocenters. The largest absolute Gasteiger partial charge is 0.673 e. The van der Waals surface area contributed by atoms with Crippen molar-refractivity contribution in [2.45, 2.75) is 52.5 Å². The molecule has 0 amide bonds. The maximum atomic E-state index is 9.75. The fourth-order valence-electron chi connectivity index (χ4n) is 1.74. The molecular formula is C12H23BF4N2. The summed E-state index contributed by atoms with van der Waals surface area (Å²) in [4.78, 5) is 0. The molecule has 0 saturated heterocycles. The fourth-order valence-corrected chi connectivity index (χ4v) is 1.74. The lowest BCUT2D eigenvalue weighted by atomic mass is 10.2. The van der Waals surface area contributed by atoms with Gasteiger partial charge in [-0.25, -0.2) is 9.13 Å². The first-order valence-corrected chi connectivity index (χ1v) is 6.70. The number of imidazole rings is 1. The summed E-state index contributed by atoms with van der Waals surface area (Å²) in [6.07, 6.45) is 10.7. The molecule has 0 aliphatic heterocycles. The SMILES string of the molecule is CCCCc1n(CCCC)cc[n+]1C.F[B-](F)(F)F. The summed E-state index contributed by atoms with van der Waals surface area (Å²) >= 11 is 0. The lowest BCUT2D eigenvalue weighted by Gasteiger charge is -2.01. The molecule has 0 aliphatic rings. The zero-order valence-electron chi connectivity index (χ0n) is 11.9. The van der Waals surface area contributed by atoms with Crippen molar-refractivity contribution in [3.8, 4) is 0 Å². The van der Waals surface area contributed by atoms with Gasteiger partial charge >= 0.3 is 7.25 Å². The smallest absolute Gasteiger partial charge is 0.418 e. The topological polar surface area (TPSA) is 8.81 Å². The van der Waals surface area contributed by atoms with Crippen LogP contribution in [0.25, 0.3) is 0 Å². The average Bonchev–Trinajstić information content (AvgIpc) is 2.63. The van der Waals surface area contributed by atoms with Crippen molar-refractivity contribution in [2.24, 2.45) is 7.05 Å². The molecular weight excluding hydrogens is 259 g/mol. The lowest BCUT2D eigenvalue weighted by molar-refractivity contribution is -0.678. The number of hydrogen-bond acceptors (Lipinski definition) is 0. The molecule has 0 N–H and O–H groups in total. The van der Waals surface area contributed by atoms with E-state index >= 15 is 0 Å². The first kappa shape index (κ1) is 18.0. The van der Waals surface area contributed by atoms with E-state index in [0.717, 1.165) is 0 Å². The van der Waals surface area contributed by atoms with E-state index in [2.05, 4.69) is 42.4 Å². The van der Waals surface area contributed by atoms with Gasteiger partial charge in [-0.2, -0.15) is 0 Å². The summed E-state index contributed by atoms with van der Waals surface area (Å²) in [6.45, 7) is 5.67. The molecule has 19 heavy (non-hydrogen) atoms. The number of aryl methyl sites for hydroxylation is 2. The van der Waals surface area contributed by atoms with Crippen molar-refractivity contribution in [1.82, 2.24) is 4.57 Å². The Balaban J connectivity index is 0.000000555. The van der Waals surface area contributed by atoms with Gasteiger partial charge in [-0.15, -0.1) is 0 Å². The molecule has 0 fully saturated rings. The molecule has 0 spiro atoms. The second-order valence-electron chi connectivity index (χ2n) is 4.47. The van der Waals surface area contributed by atoms with Crippen LogP contribution in [0.4, 0.5) is 17.3 Å². The molecule has 0 bridgehead atoms. The Hall–Kier alpha value is -1.01. The molecule has 1 aromatic heterocycles. The molecule has 112 valence electrons. The van der Waals surface area contributed by atoms with Crippen LogP contribution in [0.3, 0.4) is 0 Å². The van der Waals surface area contributed by atoms with Crippen molar-refractivity contribution in [3.05, 3.63) is 18.2 Å². The van der Waals surface area contributed by atoms with Crippen LogP contribution in [0, 0.1) is 0 Å². The standard InChI is InChI=1S/C12H23N2.BF4/c1-4-6-8-12-13(3)10-11-14(12)9-7-5-2;2-1(3,4)5/h10-11H,4-9H2,1-3H3;/q+1;-1. The summed E-state index contributed by atoms with van der Waals surface area (Å²) in [6, 6.07) is 0. The minimum atomic E-state index is -6.00. The Morgan fingerprint density at radius 1 is 1.11 bits per heavy atom. The Labute approximate surface area is 112 Å². The van der Waals surface area contributed by atoms with Crippen LogP contribution in [0.1, 0.15) is 45.4 Å². The van der Waals surface area contributed by atoms with E-state index in [1.54, 1.807) is 0 Å². The lowest BCUT2D eigenvalue weighted by Crippen LogP contribution is -2.32. The number of rotatable bonds is 6. The number of unbranched alkanes of at least 4 members (excludes halogenated alkanes) is 2. The highest BCUT2D eigenvalue weighted by Gasteiger charge is 2.20. The van der Waals surface area contributed by atoms with Crippen LogP contribution in [-0.4, -0.2) is 11.8 Å². The molecule has 2 nitrogen and oxygen atoms in total. The van der Waals surface area contributed by atoms with Crippen LogP contribution in [-0.2, 0) is 20.0 Å². The van der Waals surface area contributed by atoms with E-state index in [1.807, 2.05) is 0 Å². The van der Waals surface area contributed by atoms with E-state index in [1.165, 1.54) is 44.5 Å². The fraction of sp³-hybridized carbons (Fsp3) is 0.750. The van der Waals surface area contributed by atoms with Crippen LogP contribution in [0.15, 0.2) is 12.4 Å². The van der Waals surface area contributed by atoms with Gasteiger partial charge in [-0.05, 0) is 12.8 Å². The summed E-state index contributed by atoms with van der Waals surface area (Å²) in [5, 5.41) is 0. The minimum absolute atomic E-state index is 1.18. The van der Waals surface area contributed by atoms with Crippen molar-refractivity contribution in [2.75, 3.05) is 0 Å². The molecule has 1 rings (SSSR count). The Morgan fingerprint density at radius 2 is 1.63 bits per heavy atom. The third kappa shape index (κ3) is 9.56. The number of nitrogens with zero attached hydrogens (tertiary/aromatic N) is 2. The summed E-state index contributed by atoms with van der Waals surface area (Å²) in [5.74, 6) is 1.47. The summed E-state index contributed by atoms with van der Waals surface area (Å²) in [5.41, 5.74) is 0. The first-order chi connectivity index (χ1) is 8.79. The van der Waals surface area contributed by atoms with Gasteiger partial charge in [-0.3, -0.25) is 0 Å². The van der Waals surface area contributed by atoms with Crippen LogP contribution in [0.2, 0.25) is 0 Å². The molecule has 7 heteroatoms. The summed E-state index contributed by atoms with van der Waals surface area (Å²) in [7, 11) is -3.85. The predicted octanol–water partition coefficient (Wildman–Crippen LogP) is 3.76. The van der Waals surface area contributed by atoms with Gasteiger partial charge in [-0.1, -0.05) is 26.7 Å². The quantitative estimate of drug-likeness (QED) is 0.427. The highest BCUT2D eigenvalue weighted by Crippen LogP contribution is 2.06. The second-order valence-corrected chi connectivity index (χ2v) is 4.47. The van der Waals surface area contributed by atoms with E-state index in [-0.39, 0.29) is 0 Å². The van der Waals surface area contributed by atoms with Gasteiger partial charge in [0, 0.05) is 6.42 Å². The second kappa shape index (κ2) is 8.99. The van der Waals surface area contributed by atoms with E-state index in [4.69, 9.17) is 0 Å². The predicted molar refractivity (Wildman–Crippen MR) is 69.3 cm³/mol. The Bertz CT molecular complexity index is 344. The number of halogens is 4. The Morgan fingerprint density at radius 3 is 2.11 bits per heavy atom. The van der Waals surface area contributed by atoms with Crippen LogP contribution < -0.4 is 4.57 Å². The molecule has 1 heterocycles. The highest BCUT2D eigenvalue weighted by molar-refractivity contribution is 6.50. The molecule has 0 saturated carbocycles. The monoisotopic (exact) mass is 282 g/mol. The van der Waals surface area contributed by atoms with E-state index in [9.17, 15) is 17.3 Å². The maximum absolute atomic E-state index is 9.75. The third-order valence-corrected chi connectivity index (χ3v) is 2.72. The van der Waals surface area contributed by atoms with Crippen molar-refractivity contribution in [1.29, 1.82) is 0 Å². The van der Waals surface area contributed by atoms with Crippen molar-refractivity contribution < 1.29 is 21.8 Å². The van der Waals surface area contributed by atoms with Crippen LogP contribution in [0.5, 0.6) is 0 Å².